The maximum absolute atomic E-state index is 11.1. The lowest BCUT2D eigenvalue weighted by Crippen LogP contribution is -2.34. The maximum Gasteiger partial charge on any atom is 0.213 e. The Balaban J connectivity index is 4.25. The van der Waals surface area contributed by atoms with Crippen LogP contribution in [0.4, 0.5) is 0 Å². The minimum Gasteiger partial charge on any atom is -0.395 e. The number of aliphatic hydroxyl groups excluding tert-OH is 1. The van der Waals surface area contributed by atoms with Gasteiger partial charge in [-0.25, -0.2) is 8.42 Å². The Bertz CT molecular complexity index is 188. The van der Waals surface area contributed by atoms with Crippen LogP contribution in [0.5, 0.6) is 0 Å². The number of nitrogens with zero attached hydrogens (tertiary/aromatic N) is 1. The van der Waals surface area contributed by atoms with Gasteiger partial charge in [0.1, 0.15) is 0 Å². The van der Waals surface area contributed by atoms with Gasteiger partial charge in [0.2, 0.25) is 10.0 Å². The van der Waals surface area contributed by atoms with E-state index in [1.165, 1.54) is 4.31 Å². The van der Waals surface area contributed by atoms with Crippen molar-refractivity contribution in [1.29, 1.82) is 0 Å². The van der Waals surface area contributed by atoms with E-state index < -0.39 is 10.0 Å². The van der Waals surface area contributed by atoms with Gasteiger partial charge in [-0.3, -0.25) is 0 Å². The lowest BCUT2D eigenvalue weighted by Gasteiger charge is -2.17. The van der Waals surface area contributed by atoms with Crippen molar-refractivity contribution >= 4 is 10.0 Å². The van der Waals surface area contributed by atoms with Crippen LogP contribution in [0, 0.1) is 0 Å². The van der Waals surface area contributed by atoms with Gasteiger partial charge >= 0.3 is 0 Å². The second-order valence-electron chi connectivity index (χ2n) is 2.12. The number of aliphatic hydroxyl groups is 1. The van der Waals surface area contributed by atoms with E-state index in [2.05, 4.69) is 0 Å². The summed E-state index contributed by atoms with van der Waals surface area (Å²) >= 11 is 0. The molecule has 11 heavy (non-hydrogen) atoms. The van der Waals surface area contributed by atoms with Crippen molar-refractivity contribution in [2.24, 2.45) is 0 Å². The quantitative estimate of drug-likeness (QED) is 0.630. The molecule has 0 amide bonds. The summed E-state index contributed by atoms with van der Waals surface area (Å²) in [6.07, 6.45) is 0. The van der Waals surface area contributed by atoms with Gasteiger partial charge in [-0.1, -0.05) is 6.92 Å². The lowest BCUT2D eigenvalue weighted by molar-refractivity contribution is 0.257. The van der Waals surface area contributed by atoms with E-state index in [1.807, 2.05) is 0 Å². The summed E-state index contributed by atoms with van der Waals surface area (Å²) in [5, 5.41) is 8.52. The molecule has 1 N–H and O–H groups in total. The zero-order chi connectivity index (χ0) is 8.91. The van der Waals surface area contributed by atoms with Gasteiger partial charge in [0.15, 0.2) is 0 Å². The Kier molecular flexibility index (Phi) is 4.63. The Labute approximate surface area is 67.9 Å². The van der Waals surface area contributed by atoms with E-state index in [9.17, 15) is 8.42 Å². The molecule has 0 bridgehead atoms. The van der Waals surface area contributed by atoms with Gasteiger partial charge in [-0.15, -0.1) is 0 Å². The highest BCUT2D eigenvalue weighted by atomic mass is 32.2. The molecule has 0 unspecified atom stereocenters. The first kappa shape index (κ1) is 10.9. The first-order valence-corrected chi connectivity index (χ1v) is 5.28. The molecule has 5 heteroatoms. The van der Waals surface area contributed by atoms with Crippen LogP contribution >= 0.6 is 0 Å². The Morgan fingerprint density at radius 2 is 1.91 bits per heavy atom. The number of likely N-dealkylation sites (N-methyl/N-ethyl adjacent to an activating group) is 1. The molecular weight excluding hydrogens is 166 g/mol. The van der Waals surface area contributed by atoms with E-state index in [0.29, 0.717) is 6.54 Å². The number of rotatable bonds is 5. The molecule has 0 saturated carbocycles. The van der Waals surface area contributed by atoms with E-state index in [1.54, 1.807) is 13.8 Å². The summed E-state index contributed by atoms with van der Waals surface area (Å²) in [5.41, 5.74) is 0. The SMILES string of the molecule is CCN(CCO)S(=O)(=O)CC. The first-order chi connectivity index (χ1) is 5.08. The molecule has 4 nitrogen and oxygen atoms in total. The molecule has 0 aliphatic carbocycles. The van der Waals surface area contributed by atoms with Crippen LogP contribution in [0.25, 0.3) is 0 Å². The van der Waals surface area contributed by atoms with Crippen LogP contribution < -0.4 is 0 Å². The maximum atomic E-state index is 11.1. The van der Waals surface area contributed by atoms with Crippen molar-refractivity contribution in [1.82, 2.24) is 4.31 Å². The van der Waals surface area contributed by atoms with E-state index in [0.717, 1.165) is 0 Å². The summed E-state index contributed by atoms with van der Waals surface area (Å²) in [6.45, 7) is 3.86. The lowest BCUT2D eigenvalue weighted by atomic mass is 10.6. The van der Waals surface area contributed by atoms with Gasteiger partial charge in [0.05, 0.1) is 12.4 Å². The highest BCUT2D eigenvalue weighted by Crippen LogP contribution is 1.98. The molecule has 0 aromatic heterocycles. The molecule has 0 radical (unpaired) electrons. The molecule has 0 heterocycles. The average molecular weight is 181 g/mol. The van der Waals surface area contributed by atoms with Crippen molar-refractivity contribution in [3.8, 4) is 0 Å². The molecule has 0 aliphatic rings. The van der Waals surface area contributed by atoms with Crippen molar-refractivity contribution < 1.29 is 13.5 Å². The highest BCUT2D eigenvalue weighted by molar-refractivity contribution is 7.89. The third-order valence-electron chi connectivity index (χ3n) is 1.46. The van der Waals surface area contributed by atoms with Crippen LogP contribution in [0.15, 0.2) is 0 Å². The largest absolute Gasteiger partial charge is 0.395 e. The Morgan fingerprint density at radius 1 is 1.36 bits per heavy atom. The second-order valence-corrected chi connectivity index (χ2v) is 4.37. The second kappa shape index (κ2) is 4.69. The molecule has 0 spiro atoms. The summed E-state index contributed by atoms with van der Waals surface area (Å²) in [4.78, 5) is 0. The fourth-order valence-electron chi connectivity index (χ4n) is 0.788. The van der Waals surface area contributed by atoms with Gasteiger partial charge in [-0.2, -0.15) is 4.31 Å². The normalized spacial score (nSPS) is 12.4. The minimum absolute atomic E-state index is 0.0981. The topological polar surface area (TPSA) is 57.6 Å². The predicted octanol–water partition coefficient (Wildman–Crippen LogP) is -0.350. The molecule has 0 rings (SSSR count). The fourth-order valence-corrected chi connectivity index (χ4v) is 1.91. The van der Waals surface area contributed by atoms with Crippen LogP contribution in [0.1, 0.15) is 13.8 Å². The molecular formula is C6H15NO3S. The van der Waals surface area contributed by atoms with Crippen LogP contribution in [0.3, 0.4) is 0 Å². The predicted molar refractivity (Wildman–Crippen MR) is 43.8 cm³/mol. The van der Waals surface area contributed by atoms with Crippen molar-refractivity contribution in [2.45, 2.75) is 13.8 Å². The number of sulfonamides is 1. The van der Waals surface area contributed by atoms with Gasteiger partial charge < -0.3 is 5.11 Å². The average Bonchev–Trinajstić information content (AvgIpc) is 2.00. The molecule has 68 valence electrons. The zero-order valence-electron chi connectivity index (χ0n) is 6.95. The first-order valence-electron chi connectivity index (χ1n) is 3.67. The summed E-state index contributed by atoms with van der Waals surface area (Å²) in [6, 6.07) is 0. The molecule has 0 atom stereocenters. The van der Waals surface area contributed by atoms with E-state index in [-0.39, 0.29) is 18.9 Å². The zero-order valence-corrected chi connectivity index (χ0v) is 7.76. The van der Waals surface area contributed by atoms with Gasteiger partial charge in [0.25, 0.3) is 0 Å². The highest BCUT2D eigenvalue weighted by Gasteiger charge is 2.16. The number of hydrogen-bond donors (Lipinski definition) is 1. The molecule has 0 saturated heterocycles. The summed E-state index contributed by atoms with van der Waals surface area (Å²) in [5.74, 6) is 0.0981. The third-order valence-corrected chi connectivity index (χ3v) is 3.42. The molecule has 0 aliphatic heterocycles. The van der Waals surface area contributed by atoms with Crippen molar-refractivity contribution in [2.75, 3.05) is 25.4 Å². The van der Waals surface area contributed by atoms with Crippen molar-refractivity contribution in [3.63, 3.8) is 0 Å². The smallest absolute Gasteiger partial charge is 0.213 e. The minimum atomic E-state index is -3.10. The monoisotopic (exact) mass is 181 g/mol. The molecule has 0 fully saturated rings. The standard InChI is InChI=1S/C6H15NO3S/c1-3-7(5-6-8)11(9,10)4-2/h8H,3-6H2,1-2H3. The Morgan fingerprint density at radius 3 is 2.18 bits per heavy atom. The van der Waals surface area contributed by atoms with Crippen molar-refractivity contribution in [3.05, 3.63) is 0 Å². The summed E-state index contributed by atoms with van der Waals surface area (Å²) < 4.78 is 23.5. The van der Waals surface area contributed by atoms with Crippen LogP contribution in [-0.4, -0.2) is 43.3 Å². The molecule has 0 aromatic rings. The van der Waals surface area contributed by atoms with E-state index >= 15 is 0 Å². The Hall–Kier alpha value is -0.130. The van der Waals surface area contributed by atoms with E-state index in [4.69, 9.17) is 5.11 Å². The summed E-state index contributed by atoms with van der Waals surface area (Å²) in [7, 11) is -3.10. The third kappa shape index (κ3) is 3.18. The van der Waals surface area contributed by atoms with Gasteiger partial charge in [-0.05, 0) is 6.92 Å². The van der Waals surface area contributed by atoms with Gasteiger partial charge in [0, 0.05) is 13.1 Å². The van der Waals surface area contributed by atoms with Crippen LogP contribution in [0.2, 0.25) is 0 Å². The fraction of sp³-hybridized carbons (Fsp3) is 1.00. The molecule has 0 aromatic carbocycles. The number of hydrogen-bond acceptors (Lipinski definition) is 3. The van der Waals surface area contributed by atoms with Crippen LogP contribution in [-0.2, 0) is 10.0 Å².